The van der Waals surface area contributed by atoms with Gasteiger partial charge in [-0.2, -0.15) is 5.26 Å². The summed E-state index contributed by atoms with van der Waals surface area (Å²) >= 11 is 6.12. The zero-order valence-electron chi connectivity index (χ0n) is 15.4. The Labute approximate surface area is 164 Å². The molecule has 7 nitrogen and oxygen atoms in total. The van der Waals surface area contributed by atoms with Crippen LogP contribution in [-0.2, 0) is 4.79 Å². The molecule has 1 aromatic rings. The Kier molecular flexibility index (Phi) is 4.94. The second kappa shape index (κ2) is 7.37. The number of amides is 1. The highest BCUT2D eigenvalue weighted by molar-refractivity contribution is 6.30. The quantitative estimate of drug-likeness (QED) is 0.674. The molecule has 1 aromatic carbocycles. The molecule has 142 valence electrons. The van der Waals surface area contributed by atoms with E-state index < -0.39 is 0 Å². The number of likely N-dealkylation sites (N-methyl/N-ethyl adjacent to an activating group) is 1. The summed E-state index contributed by atoms with van der Waals surface area (Å²) in [7, 11) is 1.98. The summed E-state index contributed by atoms with van der Waals surface area (Å²) in [4.78, 5) is 25.6. The summed E-state index contributed by atoms with van der Waals surface area (Å²) in [5.41, 5.74) is 1.17. The molecule has 3 aliphatic rings. The van der Waals surface area contributed by atoms with Crippen molar-refractivity contribution >= 4 is 23.5 Å². The zero-order valence-corrected chi connectivity index (χ0v) is 16.1. The number of hydrogen-bond acceptors (Lipinski definition) is 6. The van der Waals surface area contributed by atoms with Gasteiger partial charge in [0.2, 0.25) is 11.9 Å². The van der Waals surface area contributed by atoms with E-state index >= 15 is 0 Å². The van der Waals surface area contributed by atoms with Crippen LogP contribution in [0.3, 0.4) is 0 Å². The summed E-state index contributed by atoms with van der Waals surface area (Å²) in [5.74, 6) is 1.05. The lowest BCUT2D eigenvalue weighted by Gasteiger charge is -2.46. The molecule has 3 heterocycles. The van der Waals surface area contributed by atoms with Crippen molar-refractivity contribution in [3.63, 3.8) is 0 Å². The van der Waals surface area contributed by atoms with Crippen LogP contribution < -0.4 is 0 Å². The third-order valence-electron chi connectivity index (χ3n) is 5.64. The van der Waals surface area contributed by atoms with Crippen molar-refractivity contribution in [1.82, 2.24) is 19.6 Å². The van der Waals surface area contributed by atoms with E-state index in [1.165, 1.54) is 5.56 Å². The molecule has 3 aliphatic heterocycles. The fourth-order valence-electron chi connectivity index (χ4n) is 4.18. The summed E-state index contributed by atoms with van der Waals surface area (Å²) in [6, 6.07) is 7.65. The molecule has 1 unspecified atom stereocenters. The molecule has 27 heavy (non-hydrogen) atoms. The maximum absolute atomic E-state index is 13.1. The molecule has 0 spiro atoms. The van der Waals surface area contributed by atoms with Crippen molar-refractivity contribution in [2.75, 3.05) is 52.9 Å². The molecule has 2 saturated heterocycles. The average molecular weight is 387 g/mol. The van der Waals surface area contributed by atoms with Gasteiger partial charge in [0.15, 0.2) is 6.19 Å². The van der Waals surface area contributed by atoms with Gasteiger partial charge in [0, 0.05) is 50.7 Å². The van der Waals surface area contributed by atoms with E-state index in [2.05, 4.69) is 22.1 Å². The Balaban J connectivity index is 1.50. The predicted molar refractivity (Wildman–Crippen MR) is 103 cm³/mol. The molecule has 0 radical (unpaired) electrons. The number of aliphatic imine (C=N–C) groups is 1. The lowest BCUT2D eigenvalue weighted by Crippen LogP contribution is -2.66. The van der Waals surface area contributed by atoms with E-state index in [1.54, 1.807) is 9.80 Å². The second-order valence-corrected chi connectivity index (χ2v) is 7.80. The first-order chi connectivity index (χ1) is 13.1. The van der Waals surface area contributed by atoms with Crippen LogP contribution in [0.5, 0.6) is 0 Å². The van der Waals surface area contributed by atoms with E-state index in [4.69, 9.17) is 16.6 Å². The van der Waals surface area contributed by atoms with Gasteiger partial charge in [-0.3, -0.25) is 19.6 Å². The fraction of sp³-hybridized carbons (Fsp3) is 0.526. The number of halogens is 1. The van der Waals surface area contributed by atoms with Crippen LogP contribution in [0.15, 0.2) is 29.3 Å². The number of carbonyl (C=O) groups excluding carboxylic acids is 1. The minimum Gasteiger partial charge on any atom is -0.345 e. The molecule has 0 aromatic heterocycles. The second-order valence-electron chi connectivity index (χ2n) is 7.36. The Bertz CT molecular complexity index is 806. The topological polar surface area (TPSA) is 66.2 Å². The molecule has 0 aliphatic carbocycles. The van der Waals surface area contributed by atoms with Crippen molar-refractivity contribution in [3.05, 3.63) is 34.9 Å². The van der Waals surface area contributed by atoms with Gasteiger partial charge in [0.05, 0.1) is 13.1 Å². The first-order valence-electron chi connectivity index (χ1n) is 9.28. The van der Waals surface area contributed by atoms with Crippen LogP contribution in [-0.4, -0.2) is 90.4 Å². The maximum Gasteiger partial charge on any atom is 0.248 e. The van der Waals surface area contributed by atoms with Crippen molar-refractivity contribution in [1.29, 1.82) is 5.26 Å². The molecule has 0 bridgehead atoms. The minimum atomic E-state index is -0.256. The Morgan fingerprint density at radius 2 is 2.04 bits per heavy atom. The molecule has 8 heteroatoms. The minimum absolute atomic E-state index is 0.0491. The number of carbonyl (C=O) groups is 1. The number of benzene rings is 1. The number of fused-ring (bicyclic) bond motifs is 1. The normalized spacial score (nSPS) is 26.5. The highest BCUT2D eigenvalue weighted by atomic mass is 35.5. The molecule has 1 amide bonds. The Hall–Kier alpha value is -2.30. The number of hydrogen-bond donors (Lipinski definition) is 0. The van der Waals surface area contributed by atoms with Crippen LogP contribution in [0.25, 0.3) is 0 Å². The van der Waals surface area contributed by atoms with Gasteiger partial charge in [-0.15, -0.1) is 0 Å². The molecule has 4 rings (SSSR count). The van der Waals surface area contributed by atoms with E-state index in [-0.39, 0.29) is 17.9 Å². The van der Waals surface area contributed by atoms with Crippen molar-refractivity contribution < 1.29 is 4.79 Å². The monoisotopic (exact) mass is 386 g/mol. The largest absolute Gasteiger partial charge is 0.345 e. The molecule has 2 fully saturated rings. The smallest absolute Gasteiger partial charge is 0.248 e. The number of piperazine rings is 2. The first-order valence-corrected chi connectivity index (χ1v) is 9.66. The molecular formula is C19H23ClN6O. The molecular weight excluding hydrogens is 364 g/mol. The third kappa shape index (κ3) is 3.47. The Morgan fingerprint density at radius 1 is 1.22 bits per heavy atom. The standard InChI is InChI=1S/C19H23ClN6O/c1-23-11-15(14-3-2-4-16(20)9-14)10-22-19(23)26-8-7-25-6-5-24(13-21)12-17(25)18(26)27/h2-4,9,15,17H,5-8,10-12H2,1H3/t15?,17-/m1/s1. The van der Waals surface area contributed by atoms with Crippen LogP contribution >= 0.6 is 11.6 Å². The molecule has 0 saturated carbocycles. The summed E-state index contributed by atoms with van der Waals surface area (Å²) in [6.45, 7) is 4.82. The molecule has 2 atom stereocenters. The van der Waals surface area contributed by atoms with Gasteiger partial charge in [-0.05, 0) is 17.7 Å². The van der Waals surface area contributed by atoms with Crippen LogP contribution in [0.2, 0.25) is 5.02 Å². The van der Waals surface area contributed by atoms with Crippen molar-refractivity contribution in [3.8, 4) is 6.19 Å². The Morgan fingerprint density at radius 3 is 2.78 bits per heavy atom. The summed E-state index contributed by atoms with van der Waals surface area (Å²) < 4.78 is 0. The fourth-order valence-corrected chi connectivity index (χ4v) is 4.37. The lowest BCUT2D eigenvalue weighted by atomic mass is 9.97. The zero-order chi connectivity index (χ0) is 19.0. The number of nitriles is 1. The maximum atomic E-state index is 13.1. The van der Waals surface area contributed by atoms with Crippen molar-refractivity contribution in [2.45, 2.75) is 12.0 Å². The van der Waals surface area contributed by atoms with Crippen LogP contribution in [0.4, 0.5) is 0 Å². The van der Waals surface area contributed by atoms with E-state index in [0.717, 1.165) is 30.6 Å². The third-order valence-corrected chi connectivity index (χ3v) is 5.88. The molecule has 0 N–H and O–H groups in total. The van der Waals surface area contributed by atoms with Crippen LogP contribution in [0, 0.1) is 11.5 Å². The SMILES string of the molecule is CN1CC(c2cccc(Cl)c2)CN=C1N1CCN2CCN(C#N)C[C@@H]2C1=O. The first kappa shape index (κ1) is 18.1. The van der Waals surface area contributed by atoms with Gasteiger partial charge in [-0.25, -0.2) is 0 Å². The van der Waals surface area contributed by atoms with E-state index in [0.29, 0.717) is 26.2 Å². The number of rotatable bonds is 1. The van der Waals surface area contributed by atoms with Gasteiger partial charge in [0.25, 0.3) is 0 Å². The highest BCUT2D eigenvalue weighted by Gasteiger charge is 2.41. The van der Waals surface area contributed by atoms with Crippen molar-refractivity contribution in [2.24, 2.45) is 4.99 Å². The average Bonchev–Trinajstić information content (AvgIpc) is 2.68. The van der Waals surface area contributed by atoms with E-state index in [1.807, 2.05) is 25.2 Å². The highest BCUT2D eigenvalue weighted by Crippen LogP contribution is 2.25. The predicted octanol–water partition coefficient (Wildman–Crippen LogP) is 1.03. The van der Waals surface area contributed by atoms with Gasteiger partial charge in [-0.1, -0.05) is 23.7 Å². The van der Waals surface area contributed by atoms with Crippen LogP contribution in [0.1, 0.15) is 11.5 Å². The van der Waals surface area contributed by atoms with Gasteiger partial charge in [0.1, 0.15) is 6.04 Å². The summed E-state index contributed by atoms with van der Waals surface area (Å²) in [5, 5.41) is 9.90. The number of nitrogens with zero attached hydrogens (tertiary/aromatic N) is 6. The summed E-state index contributed by atoms with van der Waals surface area (Å²) in [6.07, 6.45) is 2.17. The van der Waals surface area contributed by atoms with Gasteiger partial charge < -0.3 is 9.80 Å². The lowest BCUT2D eigenvalue weighted by molar-refractivity contribution is -0.139. The van der Waals surface area contributed by atoms with Gasteiger partial charge >= 0.3 is 0 Å². The number of guanidine groups is 1. The van der Waals surface area contributed by atoms with E-state index in [9.17, 15) is 10.1 Å².